The molecule has 0 aromatic carbocycles. The van der Waals surface area contributed by atoms with Crippen LogP contribution in [-0.4, -0.2) is 27.4 Å². The minimum Gasteiger partial charge on any atom is -0.338 e. The molecule has 0 spiro atoms. The molecular weight excluding hydrogens is 302 g/mol. The van der Waals surface area contributed by atoms with Crippen LogP contribution in [0.25, 0.3) is 0 Å². The van der Waals surface area contributed by atoms with Crippen LogP contribution < -0.4 is 0 Å². The highest BCUT2D eigenvalue weighted by Gasteiger charge is 2.24. The molecule has 0 aliphatic carbocycles. The van der Waals surface area contributed by atoms with E-state index in [1.54, 1.807) is 11.9 Å². The summed E-state index contributed by atoms with van der Waals surface area (Å²) in [6.45, 7) is 0.975. The Labute approximate surface area is 92.2 Å². The highest BCUT2D eigenvalue weighted by atomic mass is 79.9. The van der Waals surface area contributed by atoms with Gasteiger partial charge < -0.3 is 9.47 Å². The Hall–Kier alpha value is -0.360. The van der Waals surface area contributed by atoms with E-state index in [9.17, 15) is 4.79 Å². The van der Waals surface area contributed by atoms with Crippen LogP contribution in [0.1, 0.15) is 5.69 Å². The second-order valence-corrected chi connectivity index (χ2v) is 4.41. The van der Waals surface area contributed by atoms with Gasteiger partial charge in [0.05, 0.1) is 12.2 Å². The van der Waals surface area contributed by atoms with Gasteiger partial charge in [-0.05, 0) is 31.9 Å². The Morgan fingerprint density at radius 1 is 1.38 bits per heavy atom. The summed E-state index contributed by atoms with van der Waals surface area (Å²) in [5.41, 5.74) is 1.04. The zero-order valence-electron chi connectivity index (χ0n) is 6.92. The SMILES string of the molecule is CN1Cc2c(Br)nc(Br)n2CC1=O. The lowest BCUT2D eigenvalue weighted by atomic mass is 10.3. The minimum absolute atomic E-state index is 0.109. The number of carbonyl (C=O) groups excluding carboxylic acids is 1. The summed E-state index contributed by atoms with van der Waals surface area (Å²) in [7, 11) is 1.79. The molecule has 1 aliphatic heterocycles. The Morgan fingerprint density at radius 3 is 2.77 bits per heavy atom. The number of rotatable bonds is 0. The number of amides is 1. The maximum Gasteiger partial charge on any atom is 0.242 e. The fraction of sp³-hybridized carbons (Fsp3) is 0.429. The van der Waals surface area contributed by atoms with Gasteiger partial charge in [0.15, 0.2) is 4.73 Å². The molecule has 0 N–H and O–H groups in total. The van der Waals surface area contributed by atoms with Crippen molar-refractivity contribution >= 4 is 37.8 Å². The Morgan fingerprint density at radius 2 is 2.08 bits per heavy atom. The summed E-state index contributed by atoms with van der Waals surface area (Å²) < 4.78 is 3.38. The smallest absolute Gasteiger partial charge is 0.242 e. The quantitative estimate of drug-likeness (QED) is 0.726. The number of aromatic nitrogens is 2. The number of likely N-dealkylation sites (N-methyl/N-ethyl adjacent to an activating group) is 1. The van der Waals surface area contributed by atoms with Crippen LogP contribution in [0, 0.1) is 0 Å². The van der Waals surface area contributed by atoms with E-state index in [1.807, 2.05) is 4.57 Å². The van der Waals surface area contributed by atoms with Crippen molar-refractivity contribution in [2.75, 3.05) is 7.05 Å². The first-order valence-electron chi connectivity index (χ1n) is 3.74. The predicted molar refractivity (Wildman–Crippen MR) is 54.1 cm³/mol. The van der Waals surface area contributed by atoms with Gasteiger partial charge in [-0.15, -0.1) is 0 Å². The maximum absolute atomic E-state index is 11.4. The molecule has 1 amide bonds. The standard InChI is InChI=1S/C7H7Br2N3O/c1-11-2-4-6(8)10-7(9)12(4)3-5(11)13/h2-3H2,1H3. The molecule has 6 heteroatoms. The van der Waals surface area contributed by atoms with Crippen LogP contribution in [0.3, 0.4) is 0 Å². The number of halogens is 2. The first-order chi connectivity index (χ1) is 6.09. The molecule has 4 nitrogen and oxygen atoms in total. The minimum atomic E-state index is 0.109. The van der Waals surface area contributed by atoms with E-state index in [-0.39, 0.29) is 5.91 Å². The van der Waals surface area contributed by atoms with Crippen molar-refractivity contribution in [2.45, 2.75) is 13.1 Å². The fourth-order valence-corrected chi connectivity index (χ4v) is 2.57. The lowest BCUT2D eigenvalue weighted by Gasteiger charge is -2.24. The molecule has 70 valence electrons. The zero-order chi connectivity index (χ0) is 9.59. The highest BCUT2D eigenvalue weighted by Crippen LogP contribution is 2.25. The lowest BCUT2D eigenvalue weighted by molar-refractivity contribution is -0.132. The molecule has 0 fully saturated rings. The molecule has 0 unspecified atom stereocenters. The monoisotopic (exact) mass is 307 g/mol. The molecule has 0 atom stereocenters. The molecule has 0 radical (unpaired) electrons. The van der Waals surface area contributed by atoms with Gasteiger partial charge in [-0.3, -0.25) is 4.79 Å². The maximum atomic E-state index is 11.4. The van der Waals surface area contributed by atoms with Crippen molar-refractivity contribution in [3.63, 3.8) is 0 Å². The van der Waals surface area contributed by atoms with Gasteiger partial charge in [0.2, 0.25) is 5.91 Å². The molecule has 0 saturated carbocycles. The number of hydrogen-bond acceptors (Lipinski definition) is 2. The number of imidazole rings is 1. The number of hydrogen-bond donors (Lipinski definition) is 0. The summed E-state index contributed by atoms with van der Waals surface area (Å²) in [4.78, 5) is 17.2. The third-order valence-corrected chi connectivity index (χ3v) is 3.32. The average Bonchev–Trinajstić information content (AvgIpc) is 2.31. The van der Waals surface area contributed by atoms with Gasteiger partial charge in [0.25, 0.3) is 0 Å². The second-order valence-electron chi connectivity index (χ2n) is 2.95. The van der Waals surface area contributed by atoms with Crippen molar-refractivity contribution < 1.29 is 4.79 Å². The molecule has 2 heterocycles. The third kappa shape index (κ3) is 1.42. The Bertz CT molecular complexity index is 374. The van der Waals surface area contributed by atoms with Crippen molar-refractivity contribution in [3.8, 4) is 0 Å². The molecule has 1 aromatic rings. The number of carbonyl (C=O) groups is 1. The first-order valence-corrected chi connectivity index (χ1v) is 5.32. The van der Waals surface area contributed by atoms with E-state index >= 15 is 0 Å². The van der Waals surface area contributed by atoms with Crippen LogP contribution in [0.15, 0.2) is 9.34 Å². The van der Waals surface area contributed by atoms with E-state index in [0.717, 1.165) is 10.3 Å². The predicted octanol–water partition coefficient (Wildman–Crippen LogP) is 1.38. The second kappa shape index (κ2) is 3.09. The van der Waals surface area contributed by atoms with Gasteiger partial charge in [0.1, 0.15) is 11.1 Å². The summed E-state index contributed by atoms with van der Waals surface area (Å²) in [6, 6.07) is 0. The molecular formula is C7H7Br2N3O. The van der Waals surface area contributed by atoms with Crippen molar-refractivity contribution in [1.29, 1.82) is 0 Å². The molecule has 1 aromatic heterocycles. The normalized spacial score (nSPS) is 16.2. The lowest BCUT2D eigenvalue weighted by Crippen LogP contribution is -2.35. The Balaban J connectivity index is 2.50. The third-order valence-electron chi connectivity index (χ3n) is 2.08. The van der Waals surface area contributed by atoms with E-state index in [4.69, 9.17) is 0 Å². The highest BCUT2D eigenvalue weighted by molar-refractivity contribution is 9.11. The van der Waals surface area contributed by atoms with Crippen LogP contribution in [0.2, 0.25) is 0 Å². The van der Waals surface area contributed by atoms with Crippen LogP contribution in [-0.2, 0) is 17.9 Å². The Kier molecular flexibility index (Phi) is 2.19. The van der Waals surface area contributed by atoms with Gasteiger partial charge >= 0.3 is 0 Å². The summed E-state index contributed by atoms with van der Waals surface area (Å²) >= 11 is 6.65. The molecule has 0 bridgehead atoms. The first kappa shape index (κ1) is 9.21. The van der Waals surface area contributed by atoms with E-state index < -0.39 is 0 Å². The number of fused-ring (bicyclic) bond motifs is 1. The summed E-state index contributed by atoms with van der Waals surface area (Å²) in [6.07, 6.45) is 0. The number of nitrogens with zero attached hydrogens (tertiary/aromatic N) is 3. The molecule has 2 rings (SSSR count). The van der Waals surface area contributed by atoms with Crippen molar-refractivity contribution in [2.24, 2.45) is 0 Å². The van der Waals surface area contributed by atoms with E-state index in [1.165, 1.54) is 0 Å². The van der Waals surface area contributed by atoms with Gasteiger partial charge in [-0.25, -0.2) is 4.98 Å². The van der Waals surface area contributed by atoms with E-state index in [2.05, 4.69) is 36.8 Å². The summed E-state index contributed by atoms with van der Waals surface area (Å²) in [5.74, 6) is 0.109. The molecule has 1 aliphatic rings. The molecule has 13 heavy (non-hydrogen) atoms. The summed E-state index contributed by atoms with van der Waals surface area (Å²) in [5, 5.41) is 0. The van der Waals surface area contributed by atoms with E-state index in [0.29, 0.717) is 17.8 Å². The average molecular weight is 309 g/mol. The van der Waals surface area contributed by atoms with Crippen LogP contribution in [0.5, 0.6) is 0 Å². The fourth-order valence-electron chi connectivity index (χ4n) is 1.31. The van der Waals surface area contributed by atoms with Crippen molar-refractivity contribution in [3.05, 3.63) is 15.0 Å². The van der Waals surface area contributed by atoms with Crippen LogP contribution in [0.4, 0.5) is 0 Å². The zero-order valence-corrected chi connectivity index (χ0v) is 10.1. The topological polar surface area (TPSA) is 38.1 Å². The van der Waals surface area contributed by atoms with Gasteiger partial charge in [-0.1, -0.05) is 0 Å². The van der Waals surface area contributed by atoms with Gasteiger partial charge in [-0.2, -0.15) is 0 Å². The van der Waals surface area contributed by atoms with Gasteiger partial charge in [0, 0.05) is 7.05 Å². The largest absolute Gasteiger partial charge is 0.338 e. The molecule has 0 saturated heterocycles. The van der Waals surface area contributed by atoms with Crippen LogP contribution >= 0.6 is 31.9 Å². The van der Waals surface area contributed by atoms with Crippen molar-refractivity contribution in [1.82, 2.24) is 14.5 Å².